The van der Waals surface area contributed by atoms with Crippen molar-refractivity contribution >= 4 is 5.91 Å². The van der Waals surface area contributed by atoms with Crippen LogP contribution in [0, 0.1) is 0 Å². The second-order valence-corrected chi connectivity index (χ2v) is 7.03. The highest BCUT2D eigenvalue weighted by molar-refractivity contribution is 5.88. The minimum Gasteiger partial charge on any atom is -0.381 e. The lowest BCUT2D eigenvalue weighted by Crippen LogP contribution is -2.47. The Morgan fingerprint density at radius 3 is 2.50 bits per heavy atom. The second kappa shape index (κ2) is 8.31. The summed E-state index contributed by atoms with van der Waals surface area (Å²) in [5.41, 5.74) is 3.43. The molecule has 3 heterocycles. The number of amides is 1. The number of nitrogens with zero attached hydrogens (tertiary/aromatic N) is 2. The summed E-state index contributed by atoms with van der Waals surface area (Å²) in [6.45, 7) is 1.67. The highest BCUT2D eigenvalue weighted by Gasteiger charge is 2.41. The summed E-state index contributed by atoms with van der Waals surface area (Å²) in [6, 6.07) is 17.8. The Morgan fingerprint density at radius 1 is 1.00 bits per heavy atom. The van der Waals surface area contributed by atoms with Gasteiger partial charge in [-0.05, 0) is 48.2 Å². The maximum atomic E-state index is 13.3. The molecule has 1 saturated heterocycles. The number of ether oxygens (including phenoxy) is 1. The number of hydrogen-bond acceptors (Lipinski definition) is 4. The van der Waals surface area contributed by atoms with E-state index in [4.69, 9.17) is 4.74 Å². The normalized spacial score (nSPS) is 15.7. The molecule has 0 atom stereocenters. The molecule has 0 radical (unpaired) electrons. The van der Waals surface area contributed by atoms with E-state index < -0.39 is 5.41 Å². The van der Waals surface area contributed by atoms with E-state index in [0.717, 1.165) is 22.4 Å². The van der Waals surface area contributed by atoms with Crippen LogP contribution < -0.4 is 5.32 Å². The van der Waals surface area contributed by atoms with Gasteiger partial charge in [-0.25, -0.2) is 0 Å². The van der Waals surface area contributed by atoms with Gasteiger partial charge < -0.3 is 10.1 Å². The van der Waals surface area contributed by atoms with Gasteiger partial charge in [0.1, 0.15) is 0 Å². The van der Waals surface area contributed by atoms with Crippen molar-refractivity contribution in [3.8, 4) is 11.3 Å². The second-order valence-electron chi connectivity index (χ2n) is 7.03. The van der Waals surface area contributed by atoms with Crippen molar-refractivity contribution in [2.75, 3.05) is 13.2 Å². The lowest BCUT2D eigenvalue weighted by Gasteiger charge is -2.36. The molecule has 1 aromatic carbocycles. The molecule has 1 aliphatic heterocycles. The smallest absolute Gasteiger partial charge is 0.231 e. The summed E-state index contributed by atoms with van der Waals surface area (Å²) < 4.78 is 5.53. The standard InChI is InChI=1S/C23H23N3O2/c27-22(23(9-14-28-15-10-23)20-4-2-1-3-5-20)26-17-18-6-13-25-21(16-18)19-7-11-24-12-8-19/h1-8,11-13,16H,9-10,14-15,17H2,(H,26,27). The first-order valence-electron chi connectivity index (χ1n) is 9.55. The fourth-order valence-electron chi connectivity index (χ4n) is 3.74. The van der Waals surface area contributed by atoms with Crippen molar-refractivity contribution in [3.05, 3.63) is 84.3 Å². The largest absolute Gasteiger partial charge is 0.381 e. The Hall–Kier alpha value is -3.05. The molecule has 28 heavy (non-hydrogen) atoms. The highest BCUT2D eigenvalue weighted by Crippen LogP contribution is 2.35. The van der Waals surface area contributed by atoms with E-state index in [1.807, 2.05) is 54.6 Å². The summed E-state index contributed by atoms with van der Waals surface area (Å²) in [5.74, 6) is 0.0595. The van der Waals surface area contributed by atoms with E-state index in [9.17, 15) is 4.79 Å². The summed E-state index contributed by atoms with van der Waals surface area (Å²) in [5, 5.41) is 3.15. The van der Waals surface area contributed by atoms with E-state index in [2.05, 4.69) is 15.3 Å². The van der Waals surface area contributed by atoms with Crippen LogP contribution in [-0.4, -0.2) is 29.1 Å². The van der Waals surface area contributed by atoms with Crippen molar-refractivity contribution in [1.82, 2.24) is 15.3 Å². The van der Waals surface area contributed by atoms with Gasteiger partial charge in [-0.2, -0.15) is 0 Å². The maximum Gasteiger partial charge on any atom is 0.231 e. The topological polar surface area (TPSA) is 64.1 Å². The molecule has 1 aliphatic rings. The number of carbonyl (C=O) groups is 1. The number of nitrogens with one attached hydrogen (secondary N) is 1. The first-order valence-corrected chi connectivity index (χ1v) is 9.55. The van der Waals surface area contributed by atoms with Crippen molar-refractivity contribution in [3.63, 3.8) is 0 Å². The van der Waals surface area contributed by atoms with Gasteiger partial charge in [0, 0.05) is 43.9 Å². The van der Waals surface area contributed by atoms with Crippen LogP contribution in [0.25, 0.3) is 11.3 Å². The van der Waals surface area contributed by atoms with Gasteiger partial charge in [-0.3, -0.25) is 14.8 Å². The zero-order valence-electron chi connectivity index (χ0n) is 15.7. The number of aromatic nitrogens is 2. The quantitative estimate of drug-likeness (QED) is 0.743. The van der Waals surface area contributed by atoms with E-state index in [0.29, 0.717) is 32.6 Å². The molecular formula is C23H23N3O2. The van der Waals surface area contributed by atoms with Crippen molar-refractivity contribution in [2.45, 2.75) is 24.8 Å². The van der Waals surface area contributed by atoms with Gasteiger partial charge in [0.15, 0.2) is 0 Å². The molecule has 0 aliphatic carbocycles. The van der Waals surface area contributed by atoms with Crippen LogP contribution in [0.2, 0.25) is 0 Å². The Bertz CT molecular complexity index is 923. The molecule has 0 unspecified atom stereocenters. The first-order chi connectivity index (χ1) is 13.8. The Kier molecular flexibility index (Phi) is 5.44. The molecule has 1 fully saturated rings. The Labute approximate surface area is 164 Å². The summed E-state index contributed by atoms with van der Waals surface area (Å²) >= 11 is 0. The number of rotatable bonds is 5. The predicted octanol–water partition coefficient (Wildman–Crippen LogP) is 3.51. The maximum absolute atomic E-state index is 13.3. The summed E-state index contributed by atoms with van der Waals surface area (Å²) in [6.07, 6.45) is 6.67. The Morgan fingerprint density at radius 2 is 1.75 bits per heavy atom. The zero-order chi connectivity index (χ0) is 19.2. The molecular weight excluding hydrogens is 350 g/mol. The molecule has 0 spiro atoms. The Balaban J connectivity index is 1.52. The SMILES string of the molecule is O=C(NCc1ccnc(-c2ccncc2)c1)C1(c2ccccc2)CCOCC1. The van der Waals surface area contributed by atoms with Gasteiger partial charge in [0.05, 0.1) is 11.1 Å². The van der Waals surface area contributed by atoms with Crippen molar-refractivity contribution in [2.24, 2.45) is 0 Å². The molecule has 0 saturated carbocycles. The van der Waals surface area contributed by atoms with Gasteiger partial charge in [0.25, 0.3) is 0 Å². The van der Waals surface area contributed by atoms with Crippen LogP contribution in [-0.2, 0) is 21.5 Å². The minimum atomic E-state index is -0.527. The fraction of sp³-hybridized carbons (Fsp3) is 0.261. The monoisotopic (exact) mass is 373 g/mol. The minimum absolute atomic E-state index is 0.0595. The third kappa shape index (κ3) is 3.80. The molecule has 1 amide bonds. The highest BCUT2D eigenvalue weighted by atomic mass is 16.5. The third-order valence-corrected chi connectivity index (χ3v) is 5.36. The number of hydrogen-bond donors (Lipinski definition) is 1. The summed E-state index contributed by atoms with van der Waals surface area (Å²) in [4.78, 5) is 21.7. The predicted molar refractivity (Wildman–Crippen MR) is 107 cm³/mol. The fourth-order valence-corrected chi connectivity index (χ4v) is 3.74. The number of benzene rings is 1. The van der Waals surface area contributed by atoms with Gasteiger partial charge in [-0.15, -0.1) is 0 Å². The zero-order valence-corrected chi connectivity index (χ0v) is 15.7. The molecule has 142 valence electrons. The molecule has 3 aromatic rings. The number of pyridine rings is 2. The number of carbonyl (C=O) groups excluding carboxylic acids is 1. The molecule has 5 heteroatoms. The molecule has 2 aromatic heterocycles. The van der Waals surface area contributed by atoms with Crippen LogP contribution in [0.1, 0.15) is 24.0 Å². The van der Waals surface area contributed by atoms with Crippen LogP contribution >= 0.6 is 0 Å². The van der Waals surface area contributed by atoms with E-state index in [1.165, 1.54) is 0 Å². The van der Waals surface area contributed by atoms with E-state index in [-0.39, 0.29) is 5.91 Å². The summed E-state index contributed by atoms with van der Waals surface area (Å²) in [7, 11) is 0. The van der Waals surface area contributed by atoms with Crippen molar-refractivity contribution < 1.29 is 9.53 Å². The molecule has 1 N–H and O–H groups in total. The average molecular weight is 373 g/mol. The third-order valence-electron chi connectivity index (χ3n) is 5.36. The molecule has 5 nitrogen and oxygen atoms in total. The van der Waals surface area contributed by atoms with E-state index >= 15 is 0 Å². The van der Waals surface area contributed by atoms with Crippen LogP contribution in [0.15, 0.2) is 73.2 Å². The van der Waals surface area contributed by atoms with Crippen LogP contribution in [0.5, 0.6) is 0 Å². The van der Waals surface area contributed by atoms with Crippen molar-refractivity contribution in [1.29, 1.82) is 0 Å². The first kappa shape index (κ1) is 18.3. The van der Waals surface area contributed by atoms with E-state index in [1.54, 1.807) is 18.6 Å². The average Bonchev–Trinajstić information content (AvgIpc) is 2.79. The van der Waals surface area contributed by atoms with Gasteiger partial charge in [-0.1, -0.05) is 30.3 Å². The lowest BCUT2D eigenvalue weighted by atomic mass is 9.73. The van der Waals surface area contributed by atoms with Gasteiger partial charge in [0.2, 0.25) is 5.91 Å². The van der Waals surface area contributed by atoms with Crippen LogP contribution in [0.4, 0.5) is 0 Å². The lowest BCUT2D eigenvalue weighted by molar-refractivity contribution is -0.130. The molecule has 0 bridgehead atoms. The van der Waals surface area contributed by atoms with Crippen LogP contribution in [0.3, 0.4) is 0 Å². The molecule has 4 rings (SSSR count). The van der Waals surface area contributed by atoms with Gasteiger partial charge >= 0.3 is 0 Å².